The highest BCUT2D eigenvalue weighted by atomic mass is 32.2. The van der Waals surface area contributed by atoms with Crippen molar-refractivity contribution >= 4 is 21.6 Å². The first kappa shape index (κ1) is 21.6. The zero-order valence-electron chi connectivity index (χ0n) is 17.9. The van der Waals surface area contributed by atoms with Crippen molar-refractivity contribution in [2.75, 3.05) is 37.7 Å². The molecule has 0 aliphatic carbocycles. The van der Waals surface area contributed by atoms with E-state index in [0.717, 1.165) is 11.3 Å². The van der Waals surface area contributed by atoms with E-state index in [1.807, 2.05) is 43.0 Å². The highest BCUT2D eigenvalue weighted by Crippen LogP contribution is 2.34. The molecule has 0 bridgehead atoms. The van der Waals surface area contributed by atoms with Gasteiger partial charge in [-0.3, -0.25) is 4.79 Å². The molecule has 1 amide bonds. The van der Waals surface area contributed by atoms with Crippen molar-refractivity contribution in [3.63, 3.8) is 0 Å². The first-order chi connectivity index (χ1) is 14.9. The quantitative estimate of drug-likeness (QED) is 0.708. The van der Waals surface area contributed by atoms with E-state index < -0.39 is 10.0 Å². The van der Waals surface area contributed by atoms with Crippen molar-refractivity contribution in [1.82, 2.24) is 4.31 Å². The van der Waals surface area contributed by atoms with Crippen LogP contribution in [0.15, 0.2) is 47.4 Å². The first-order valence-electron chi connectivity index (χ1n) is 10.7. The van der Waals surface area contributed by atoms with E-state index in [0.29, 0.717) is 57.2 Å². The summed E-state index contributed by atoms with van der Waals surface area (Å²) in [7, 11) is -3.66. The maximum absolute atomic E-state index is 13.2. The first-order valence-corrected chi connectivity index (χ1v) is 12.1. The van der Waals surface area contributed by atoms with Gasteiger partial charge in [-0.2, -0.15) is 4.31 Å². The number of sulfonamides is 1. The number of rotatable bonds is 5. The van der Waals surface area contributed by atoms with Gasteiger partial charge in [0.05, 0.1) is 4.90 Å². The Bertz CT molecular complexity index is 1060. The van der Waals surface area contributed by atoms with Crippen LogP contribution in [0.1, 0.15) is 25.3 Å². The lowest BCUT2D eigenvalue weighted by Crippen LogP contribution is -2.44. The van der Waals surface area contributed by atoms with Crippen molar-refractivity contribution in [1.29, 1.82) is 0 Å². The standard InChI is InChI=1S/C23H28N2O5S/c1-3-25(20-7-5-4-6-17(20)2)23(26)18-10-12-24(13-11-18)31(27,28)19-8-9-21-22(16-19)30-15-14-29-21/h4-9,16,18H,3,10-15H2,1-2H3. The van der Waals surface area contributed by atoms with Crippen molar-refractivity contribution in [3.05, 3.63) is 48.0 Å². The Kier molecular flexibility index (Phi) is 6.20. The number of fused-ring (bicyclic) bond motifs is 1. The van der Waals surface area contributed by atoms with E-state index in [9.17, 15) is 13.2 Å². The fraction of sp³-hybridized carbons (Fsp3) is 0.435. The number of hydrogen-bond donors (Lipinski definition) is 0. The molecule has 0 saturated carbocycles. The minimum Gasteiger partial charge on any atom is -0.486 e. The number of aryl methyl sites for hydroxylation is 1. The molecule has 4 rings (SSSR count). The number of piperidine rings is 1. The minimum atomic E-state index is -3.66. The lowest BCUT2D eigenvalue weighted by atomic mass is 9.96. The SMILES string of the molecule is CCN(C(=O)C1CCN(S(=O)(=O)c2ccc3c(c2)OCCO3)CC1)c1ccccc1C. The van der Waals surface area contributed by atoms with Crippen LogP contribution in [0.5, 0.6) is 11.5 Å². The molecular weight excluding hydrogens is 416 g/mol. The zero-order chi connectivity index (χ0) is 22.0. The number of carbonyl (C=O) groups is 1. The van der Waals surface area contributed by atoms with E-state index in [-0.39, 0.29) is 16.7 Å². The molecule has 2 aliphatic rings. The molecule has 7 nitrogen and oxygen atoms in total. The van der Waals surface area contributed by atoms with Crippen LogP contribution in [0.4, 0.5) is 5.69 Å². The van der Waals surface area contributed by atoms with Crippen LogP contribution in [0.2, 0.25) is 0 Å². The van der Waals surface area contributed by atoms with Crippen LogP contribution in [-0.2, 0) is 14.8 Å². The van der Waals surface area contributed by atoms with Gasteiger partial charge in [0.15, 0.2) is 11.5 Å². The third kappa shape index (κ3) is 4.27. The summed E-state index contributed by atoms with van der Waals surface area (Å²) in [5, 5.41) is 0. The van der Waals surface area contributed by atoms with E-state index >= 15 is 0 Å². The lowest BCUT2D eigenvalue weighted by Gasteiger charge is -2.34. The number of para-hydroxylation sites is 1. The molecule has 2 heterocycles. The molecular formula is C23H28N2O5S. The van der Waals surface area contributed by atoms with Crippen LogP contribution in [-0.4, -0.2) is 51.5 Å². The van der Waals surface area contributed by atoms with Crippen molar-refractivity contribution in [2.45, 2.75) is 31.6 Å². The second-order valence-corrected chi connectivity index (χ2v) is 9.79. The molecule has 0 unspecified atom stereocenters. The molecule has 2 aromatic carbocycles. The van der Waals surface area contributed by atoms with Gasteiger partial charge in [0, 0.05) is 37.3 Å². The monoisotopic (exact) mass is 444 g/mol. The van der Waals surface area contributed by atoms with Crippen LogP contribution in [0.3, 0.4) is 0 Å². The Morgan fingerprint density at radius 1 is 1.06 bits per heavy atom. The molecule has 8 heteroatoms. The van der Waals surface area contributed by atoms with Gasteiger partial charge >= 0.3 is 0 Å². The van der Waals surface area contributed by atoms with Gasteiger partial charge in [-0.15, -0.1) is 0 Å². The molecule has 0 atom stereocenters. The van der Waals surface area contributed by atoms with E-state index in [1.54, 1.807) is 12.1 Å². The summed E-state index contributed by atoms with van der Waals surface area (Å²) in [6, 6.07) is 12.6. The van der Waals surface area contributed by atoms with Gasteiger partial charge in [-0.25, -0.2) is 8.42 Å². The highest BCUT2D eigenvalue weighted by molar-refractivity contribution is 7.89. The zero-order valence-corrected chi connectivity index (χ0v) is 18.7. The molecule has 0 radical (unpaired) electrons. The van der Waals surface area contributed by atoms with Gasteiger partial charge in [0.25, 0.3) is 0 Å². The normalized spacial score (nSPS) is 17.4. The molecule has 31 heavy (non-hydrogen) atoms. The number of anilines is 1. The summed E-state index contributed by atoms with van der Waals surface area (Å²) in [6.07, 6.45) is 1.01. The maximum Gasteiger partial charge on any atom is 0.243 e. The number of carbonyl (C=O) groups excluding carboxylic acids is 1. The summed E-state index contributed by atoms with van der Waals surface area (Å²) in [5.41, 5.74) is 1.97. The predicted octanol–water partition coefficient (Wildman–Crippen LogP) is 3.22. The second-order valence-electron chi connectivity index (χ2n) is 7.85. The highest BCUT2D eigenvalue weighted by Gasteiger charge is 2.34. The largest absolute Gasteiger partial charge is 0.486 e. The number of benzene rings is 2. The minimum absolute atomic E-state index is 0.0631. The predicted molar refractivity (Wildman–Crippen MR) is 118 cm³/mol. The van der Waals surface area contributed by atoms with Crippen LogP contribution >= 0.6 is 0 Å². The topological polar surface area (TPSA) is 76.2 Å². The molecule has 1 fully saturated rings. The third-order valence-electron chi connectivity index (χ3n) is 5.94. The summed E-state index contributed by atoms with van der Waals surface area (Å²) >= 11 is 0. The molecule has 1 saturated heterocycles. The smallest absolute Gasteiger partial charge is 0.243 e. The lowest BCUT2D eigenvalue weighted by molar-refractivity contribution is -0.123. The molecule has 0 N–H and O–H groups in total. The van der Waals surface area contributed by atoms with Crippen LogP contribution in [0, 0.1) is 12.8 Å². The van der Waals surface area contributed by atoms with Crippen molar-refractivity contribution in [3.8, 4) is 11.5 Å². The van der Waals surface area contributed by atoms with Gasteiger partial charge in [-0.1, -0.05) is 18.2 Å². The Labute approximate surface area is 183 Å². The fourth-order valence-corrected chi connectivity index (χ4v) is 5.69. The average molecular weight is 445 g/mol. The van der Waals surface area contributed by atoms with Gasteiger partial charge in [0.1, 0.15) is 13.2 Å². The third-order valence-corrected chi connectivity index (χ3v) is 7.84. The van der Waals surface area contributed by atoms with Crippen molar-refractivity contribution in [2.24, 2.45) is 5.92 Å². The summed E-state index contributed by atoms with van der Waals surface area (Å²) in [6.45, 7) is 6.03. The van der Waals surface area contributed by atoms with Gasteiger partial charge in [-0.05, 0) is 50.5 Å². The average Bonchev–Trinajstić information content (AvgIpc) is 2.80. The molecule has 166 valence electrons. The van der Waals surface area contributed by atoms with E-state index in [1.165, 1.54) is 10.4 Å². The van der Waals surface area contributed by atoms with Gasteiger partial charge in [0.2, 0.25) is 15.9 Å². The Hall–Kier alpha value is -2.58. The Morgan fingerprint density at radius 2 is 1.74 bits per heavy atom. The summed E-state index contributed by atoms with van der Waals surface area (Å²) in [4.78, 5) is 15.2. The molecule has 0 aromatic heterocycles. The van der Waals surface area contributed by atoms with Crippen molar-refractivity contribution < 1.29 is 22.7 Å². The number of hydrogen-bond acceptors (Lipinski definition) is 5. The summed E-state index contributed by atoms with van der Waals surface area (Å²) < 4.78 is 38.8. The van der Waals surface area contributed by atoms with Crippen LogP contribution in [0.25, 0.3) is 0 Å². The Balaban J connectivity index is 1.45. The molecule has 2 aliphatic heterocycles. The maximum atomic E-state index is 13.2. The second kappa shape index (κ2) is 8.88. The fourth-order valence-electron chi connectivity index (χ4n) is 4.21. The van der Waals surface area contributed by atoms with E-state index in [2.05, 4.69) is 0 Å². The van der Waals surface area contributed by atoms with E-state index in [4.69, 9.17) is 9.47 Å². The van der Waals surface area contributed by atoms with Gasteiger partial charge < -0.3 is 14.4 Å². The van der Waals surface area contributed by atoms with Crippen LogP contribution < -0.4 is 14.4 Å². The number of ether oxygens (including phenoxy) is 2. The number of nitrogens with zero attached hydrogens (tertiary/aromatic N) is 2. The molecule has 2 aromatic rings. The molecule has 0 spiro atoms. The summed E-state index contributed by atoms with van der Waals surface area (Å²) in [5.74, 6) is 0.888. The number of amides is 1. The Morgan fingerprint density at radius 3 is 2.42 bits per heavy atom.